The zero-order valence-electron chi connectivity index (χ0n) is 18.8. The van der Waals surface area contributed by atoms with E-state index in [1.807, 2.05) is 36.1 Å². The van der Waals surface area contributed by atoms with Crippen LogP contribution in [-0.2, 0) is 0 Å². The molecule has 0 radical (unpaired) electrons. The van der Waals surface area contributed by atoms with Gasteiger partial charge >= 0.3 is 0 Å². The molecule has 0 saturated carbocycles. The number of nitro groups is 1. The maximum absolute atomic E-state index is 12.9. The molecule has 0 unspecified atom stereocenters. The minimum Gasteiger partial charge on any atom is -0.366 e. The fourth-order valence-electron chi connectivity index (χ4n) is 4.20. The summed E-state index contributed by atoms with van der Waals surface area (Å²) in [5.41, 5.74) is 4.60. The Hall–Kier alpha value is -4.27. The van der Waals surface area contributed by atoms with Gasteiger partial charge < -0.3 is 10.2 Å². The standard InChI is InChI=1S/C25H24N6O3/c1-17-5-9-20(10-6-17)30-27-21-11-8-19(16-22(21)28-30)26-25(32)18-7-12-23(24(15-18)31(33)34)29-13-3-2-4-14-29/h5-12,15-16H,2-4,13-14H2,1H3,(H,26,32). The van der Waals surface area contributed by atoms with Crippen molar-refractivity contribution in [1.29, 1.82) is 0 Å². The summed E-state index contributed by atoms with van der Waals surface area (Å²) in [7, 11) is 0. The second-order valence-corrected chi connectivity index (χ2v) is 8.49. The molecule has 0 aliphatic carbocycles. The summed E-state index contributed by atoms with van der Waals surface area (Å²) in [5.74, 6) is -0.418. The number of amides is 1. The van der Waals surface area contributed by atoms with Gasteiger partial charge in [-0.05, 0) is 68.7 Å². The number of nitrogens with one attached hydrogen (secondary N) is 1. The number of aromatic nitrogens is 3. The highest BCUT2D eigenvalue weighted by Gasteiger charge is 2.23. The van der Waals surface area contributed by atoms with E-state index in [2.05, 4.69) is 15.5 Å². The van der Waals surface area contributed by atoms with Crippen molar-refractivity contribution >= 4 is 34.0 Å². The summed E-state index contributed by atoms with van der Waals surface area (Å²) < 4.78 is 0. The third-order valence-corrected chi connectivity index (χ3v) is 6.03. The third kappa shape index (κ3) is 4.32. The van der Waals surface area contributed by atoms with E-state index in [1.54, 1.807) is 35.1 Å². The SMILES string of the molecule is Cc1ccc(-n2nc3ccc(NC(=O)c4ccc(N5CCCCC5)c([N+](=O)[O-])c4)cc3n2)cc1. The van der Waals surface area contributed by atoms with Gasteiger partial charge in [-0.2, -0.15) is 4.80 Å². The Balaban J connectivity index is 1.38. The monoisotopic (exact) mass is 456 g/mol. The summed E-state index contributed by atoms with van der Waals surface area (Å²) in [4.78, 5) is 27.8. The maximum atomic E-state index is 12.9. The van der Waals surface area contributed by atoms with E-state index in [1.165, 1.54) is 6.07 Å². The van der Waals surface area contributed by atoms with Gasteiger partial charge in [0.2, 0.25) is 0 Å². The number of carbonyl (C=O) groups is 1. The van der Waals surface area contributed by atoms with Crippen molar-refractivity contribution in [3.8, 4) is 5.69 Å². The van der Waals surface area contributed by atoms with E-state index in [0.717, 1.165) is 43.6 Å². The average Bonchev–Trinajstić information content (AvgIpc) is 3.28. The third-order valence-electron chi connectivity index (χ3n) is 6.03. The number of anilines is 2. The predicted octanol–water partition coefficient (Wildman–Crippen LogP) is 4.88. The van der Waals surface area contributed by atoms with Gasteiger partial charge in [-0.1, -0.05) is 17.7 Å². The Labute approximate surface area is 196 Å². The molecule has 1 aliphatic rings. The molecule has 3 aromatic carbocycles. The Morgan fingerprint density at radius 3 is 2.41 bits per heavy atom. The number of benzene rings is 3. The Morgan fingerprint density at radius 2 is 1.68 bits per heavy atom. The van der Waals surface area contributed by atoms with Crippen LogP contribution in [0.2, 0.25) is 0 Å². The largest absolute Gasteiger partial charge is 0.366 e. The lowest BCUT2D eigenvalue weighted by molar-refractivity contribution is -0.384. The number of nitro benzene ring substituents is 1. The van der Waals surface area contributed by atoms with Gasteiger partial charge in [-0.15, -0.1) is 10.2 Å². The first kappa shape index (κ1) is 21.6. The fourth-order valence-corrected chi connectivity index (χ4v) is 4.20. The van der Waals surface area contributed by atoms with Gasteiger partial charge in [0.1, 0.15) is 16.7 Å². The molecule has 4 aromatic rings. The highest BCUT2D eigenvalue weighted by Crippen LogP contribution is 2.31. The van der Waals surface area contributed by atoms with Crippen LogP contribution < -0.4 is 10.2 Å². The van der Waals surface area contributed by atoms with Crippen LogP contribution in [0.15, 0.2) is 60.7 Å². The molecule has 0 bridgehead atoms. The van der Waals surface area contributed by atoms with Gasteiger partial charge in [0.15, 0.2) is 0 Å². The number of nitrogens with zero attached hydrogens (tertiary/aromatic N) is 5. The molecule has 1 saturated heterocycles. The lowest BCUT2D eigenvalue weighted by atomic mass is 10.1. The molecule has 5 rings (SSSR count). The van der Waals surface area contributed by atoms with E-state index in [0.29, 0.717) is 22.4 Å². The number of carbonyl (C=O) groups excluding carboxylic acids is 1. The molecule has 1 aliphatic heterocycles. The molecule has 1 fully saturated rings. The zero-order valence-corrected chi connectivity index (χ0v) is 18.8. The first-order valence-electron chi connectivity index (χ1n) is 11.3. The second kappa shape index (κ2) is 8.93. The van der Waals surface area contributed by atoms with E-state index in [4.69, 9.17) is 0 Å². The van der Waals surface area contributed by atoms with Gasteiger partial charge in [0.25, 0.3) is 11.6 Å². The number of rotatable bonds is 5. The summed E-state index contributed by atoms with van der Waals surface area (Å²) in [5, 5.41) is 23.5. The summed E-state index contributed by atoms with van der Waals surface area (Å²) in [6.07, 6.45) is 3.15. The van der Waals surface area contributed by atoms with Crippen LogP contribution in [0.1, 0.15) is 35.2 Å². The Morgan fingerprint density at radius 1 is 0.941 bits per heavy atom. The normalized spacial score (nSPS) is 13.7. The number of piperidine rings is 1. The lowest BCUT2D eigenvalue weighted by Crippen LogP contribution is -2.30. The first-order chi connectivity index (χ1) is 16.5. The van der Waals surface area contributed by atoms with Crippen LogP contribution >= 0.6 is 0 Å². The number of hydrogen-bond donors (Lipinski definition) is 1. The van der Waals surface area contributed by atoms with Crippen molar-refractivity contribution in [3.05, 3.63) is 81.9 Å². The quantitative estimate of drug-likeness (QED) is 0.339. The molecule has 1 N–H and O–H groups in total. The fraction of sp³-hybridized carbons (Fsp3) is 0.240. The highest BCUT2D eigenvalue weighted by atomic mass is 16.6. The second-order valence-electron chi connectivity index (χ2n) is 8.49. The van der Waals surface area contributed by atoms with Crippen LogP contribution in [0, 0.1) is 17.0 Å². The lowest BCUT2D eigenvalue weighted by Gasteiger charge is -2.28. The molecule has 0 atom stereocenters. The van der Waals surface area contributed by atoms with Crippen LogP contribution in [0.3, 0.4) is 0 Å². The van der Waals surface area contributed by atoms with E-state index in [-0.39, 0.29) is 11.3 Å². The summed E-state index contributed by atoms with van der Waals surface area (Å²) in [6.45, 7) is 3.59. The van der Waals surface area contributed by atoms with Crippen molar-refractivity contribution in [2.45, 2.75) is 26.2 Å². The van der Waals surface area contributed by atoms with Crippen molar-refractivity contribution < 1.29 is 9.72 Å². The van der Waals surface area contributed by atoms with Crippen molar-refractivity contribution in [3.63, 3.8) is 0 Å². The van der Waals surface area contributed by atoms with Crippen molar-refractivity contribution in [2.75, 3.05) is 23.3 Å². The predicted molar refractivity (Wildman–Crippen MR) is 131 cm³/mol. The zero-order chi connectivity index (χ0) is 23.7. The van der Waals surface area contributed by atoms with Crippen LogP contribution in [0.4, 0.5) is 17.1 Å². The van der Waals surface area contributed by atoms with Crippen molar-refractivity contribution in [2.24, 2.45) is 0 Å². The summed E-state index contributed by atoms with van der Waals surface area (Å²) >= 11 is 0. The van der Waals surface area contributed by atoms with Gasteiger partial charge in [0.05, 0.1) is 10.6 Å². The smallest absolute Gasteiger partial charge is 0.293 e. The number of aryl methyl sites for hydroxylation is 1. The van der Waals surface area contributed by atoms with E-state index in [9.17, 15) is 14.9 Å². The van der Waals surface area contributed by atoms with E-state index >= 15 is 0 Å². The minimum atomic E-state index is -0.420. The van der Waals surface area contributed by atoms with Gasteiger partial charge in [-0.25, -0.2) is 0 Å². The van der Waals surface area contributed by atoms with Crippen LogP contribution in [-0.4, -0.2) is 38.9 Å². The number of hydrogen-bond acceptors (Lipinski definition) is 6. The molecule has 1 aromatic heterocycles. The molecule has 2 heterocycles. The maximum Gasteiger partial charge on any atom is 0.293 e. The number of fused-ring (bicyclic) bond motifs is 1. The molecular weight excluding hydrogens is 432 g/mol. The molecule has 9 heteroatoms. The first-order valence-corrected chi connectivity index (χ1v) is 11.3. The van der Waals surface area contributed by atoms with Gasteiger partial charge in [-0.3, -0.25) is 14.9 Å². The molecule has 172 valence electrons. The molecular formula is C25H24N6O3. The van der Waals surface area contributed by atoms with Crippen LogP contribution in [0.25, 0.3) is 16.7 Å². The van der Waals surface area contributed by atoms with Crippen molar-refractivity contribution in [1.82, 2.24) is 15.0 Å². The van der Waals surface area contributed by atoms with Crippen LogP contribution in [0.5, 0.6) is 0 Å². The highest BCUT2D eigenvalue weighted by molar-refractivity contribution is 6.05. The minimum absolute atomic E-state index is 0.0500. The Bertz CT molecular complexity index is 1370. The van der Waals surface area contributed by atoms with E-state index < -0.39 is 10.8 Å². The topological polar surface area (TPSA) is 106 Å². The van der Waals surface area contributed by atoms with Gasteiger partial charge in [0, 0.05) is 30.4 Å². The molecule has 1 amide bonds. The average molecular weight is 457 g/mol. The molecule has 34 heavy (non-hydrogen) atoms. The summed E-state index contributed by atoms with van der Waals surface area (Å²) in [6, 6.07) is 17.8. The Kier molecular flexibility index (Phi) is 5.67. The molecule has 9 nitrogen and oxygen atoms in total. The molecule has 0 spiro atoms.